The smallest absolute Gasteiger partial charge is 0.219 e. The Morgan fingerprint density at radius 3 is 2.86 bits per heavy atom. The molecule has 0 atom stereocenters. The Morgan fingerprint density at radius 1 is 1.71 bits per heavy atom. The van der Waals surface area contributed by atoms with Gasteiger partial charge in [-0.3, -0.25) is 0 Å². The molecule has 0 rings (SSSR count). The van der Waals surface area contributed by atoms with Crippen LogP contribution in [0, 0.1) is 12.0 Å². The van der Waals surface area contributed by atoms with Gasteiger partial charge in [0.15, 0.2) is 0 Å². The molecule has 2 heteroatoms. The van der Waals surface area contributed by atoms with Crippen LogP contribution in [0.1, 0.15) is 19.8 Å². The maximum absolute atomic E-state index is 4.62. The number of hydrogen-bond acceptors (Lipinski definition) is 1. The van der Waals surface area contributed by atoms with E-state index in [2.05, 4.69) is 23.4 Å². The molecule has 0 amide bonds. The molecule has 0 spiro atoms. The molecule has 0 heterocycles. The van der Waals surface area contributed by atoms with Crippen LogP contribution < -0.4 is 0 Å². The van der Waals surface area contributed by atoms with Crippen molar-refractivity contribution in [1.82, 2.24) is 0 Å². The van der Waals surface area contributed by atoms with Crippen molar-refractivity contribution in [3.8, 4) is 12.0 Å². The second-order valence-electron chi connectivity index (χ2n) is 1.23. The van der Waals surface area contributed by atoms with Gasteiger partial charge in [-0.05, 0) is 6.42 Å². The summed E-state index contributed by atoms with van der Waals surface area (Å²) in [6.45, 7) is 2.10. The third-order valence-corrected chi connectivity index (χ3v) is 0.753. The van der Waals surface area contributed by atoms with E-state index in [-0.39, 0.29) is 0 Å². The summed E-state index contributed by atoms with van der Waals surface area (Å²) in [5.41, 5.74) is 0. The molecule has 0 bridgehead atoms. The maximum atomic E-state index is 4.62. The number of unbranched alkanes of at least 4 members (excludes halogenated alkanes) is 1. The molecule has 0 aliphatic carbocycles. The molecular weight excluding hydrogens is 104 g/mol. The summed E-state index contributed by atoms with van der Waals surface area (Å²) in [6.07, 6.45) is 4.64. The third-order valence-electron chi connectivity index (χ3n) is 0.549. The molecule has 0 aromatic carbocycles. The van der Waals surface area contributed by atoms with Gasteiger partial charge in [0.25, 0.3) is 0 Å². The Balaban J connectivity index is 2.91. The van der Waals surface area contributed by atoms with Crippen LogP contribution in [-0.4, -0.2) is 10.5 Å². The van der Waals surface area contributed by atoms with Crippen LogP contribution >= 0.6 is 0 Å². The summed E-state index contributed by atoms with van der Waals surface area (Å²) >= 11 is 0. The van der Waals surface area contributed by atoms with Gasteiger partial charge in [0.1, 0.15) is 0 Å². The first-order valence-corrected chi connectivity index (χ1v) is 3.24. The lowest BCUT2D eigenvalue weighted by molar-refractivity contribution is 0.577. The molecule has 0 saturated heterocycles. The predicted molar refractivity (Wildman–Crippen MR) is 33.7 cm³/mol. The SMILES string of the molecule is CCCC#CO[SiH3]. The molecule has 0 saturated carbocycles. The van der Waals surface area contributed by atoms with Gasteiger partial charge in [-0.1, -0.05) is 12.8 Å². The van der Waals surface area contributed by atoms with Crippen LogP contribution in [-0.2, 0) is 4.43 Å². The summed E-state index contributed by atoms with van der Waals surface area (Å²) < 4.78 is 4.62. The topological polar surface area (TPSA) is 9.23 Å². The second kappa shape index (κ2) is 5.58. The average Bonchev–Trinajstić information content (AvgIpc) is 1.69. The fourth-order valence-electron chi connectivity index (χ4n) is 0.248. The molecule has 1 nitrogen and oxygen atoms in total. The van der Waals surface area contributed by atoms with E-state index < -0.39 is 0 Å². The Labute approximate surface area is 47.6 Å². The fourth-order valence-corrected chi connectivity index (χ4v) is 0.393. The Kier molecular flexibility index (Phi) is 5.24. The molecule has 0 aliphatic rings. The molecule has 0 fully saturated rings. The van der Waals surface area contributed by atoms with Crippen LogP contribution in [0.5, 0.6) is 0 Å². The normalized spacial score (nSPS) is 7.00. The molecule has 40 valence electrons. The minimum absolute atomic E-state index is 0.732. The van der Waals surface area contributed by atoms with Crippen LogP contribution in [0.3, 0.4) is 0 Å². The van der Waals surface area contributed by atoms with Crippen LogP contribution in [0.15, 0.2) is 0 Å². The quantitative estimate of drug-likeness (QED) is 0.345. The monoisotopic (exact) mass is 114 g/mol. The Bertz CT molecular complexity index is 79.8. The summed E-state index contributed by atoms with van der Waals surface area (Å²) in [5, 5.41) is 0. The molecule has 0 N–H and O–H groups in total. The van der Waals surface area contributed by atoms with Gasteiger partial charge in [-0.25, -0.2) is 0 Å². The number of rotatable bonds is 1. The van der Waals surface area contributed by atoms with E-state index in [0.717, 1.165) is 23.3 Å². The second-order valence-corrected chi connectivity index (χ2v) is 1.64. The van der Waals surface area contributed by atoms with Crippen molar-refractivity contribution < 1.29 is 4.43 Å². The van der Waals surface area contributed by atoms with Gasteiger partial charge in [-0.15, -0.1) is 0 Å². The van der Waals surface area contributed by atoms with E-state index in [1.807, 2.05) is 0 Å². The summed E-state index contributed by atoms with van der Waals surface area (Å²) in [4.78, 5) is 0. The van der Waals surface area contributed by atoms with E-state index >= 15 is 0 Å². The van der Waals surface area contributed by atoms with Gasteiger partial charge in [0.05, 0.1) is 6.11 Å². The molecular formula is C5H10OSi. The standard InChI is InChI=1S/C5H10OSi/c1-2-3-4-5-6-7/h2-3H2,1,7H3. The highest BCUT2D eigenvalue weighted by atomic mass is 28.2. The predicted octanol–water partition coefficient (Wildman–Crippen LogP) is 0.0444. The molecule has 0 aliphatic heterocycles. The highest BCUT2D eigenvalue weighted by Crippen LogP contribution is 1.79. The van der Waals surface area contributed by atoms with Crippen molar-refractivity contribution in [3.63, 3.8) is 0 Å². The van der Waals surface area contributed by atoms with Crippen molar-refractivity contribution in [2.24, 2.45) is 0 Å². The van der Waals surface area contributed by atoms with E-state index in [9.17, 15) is 0 Å². The summed E-state index contributed by atoms with van der Waals surface area (Å²) in [6, 6.07) is 0. The first-order valence-electron chi connectivity index (χ1n) is 2.42. The van der Waals surface area contributed by atoms with Gasteiger partial charge in [0, 0.05) is 6.42 Å². The third kappa shape index (κ3) is 5.58. The first-order chi connectivity index (χ1) is 3.41. The molecule has 0 unspecified atom stereocenters. The maximum Gasteiger partial charge on any atom is 0.219 e. The fraction of sp³-hybridized carbons (Fsp3) is 0.600. The van der Waals surface area contributed by atoms with Crippen LogP contribution in [0.2, 0.25) is 0 Å². The van der Waals surface area contributed by atoms with Crippen LogP contribution in [0.25, 0.3) is 0 Å². The van der Waals surface area contributed by atoms with Gasteiger partial charge in [0.2, 0.25) is 10.5 Å². The highest BCUT2D eigenvalue weighted by molar-refractivity contribution is 5.98. The molecule has 0 radical (unpaired) electrons. The zero-order valence-electron chi connectivity index (χ0n) is 4.82. The first kappa shape index (κ1) is 6.58. The number of hydrogen-bond donors (Lipinski definition) is 0. The van der Waals surface area contributed by atoms with Gasteiger partial charge < -0.3 is 4.43 Å². The minimum atomic E-state index is 0.732. The van der Waals surface area contributed by atoms with Crippen molar-refractivity contribution in [1.29, 1.82) is 0 Å². The van der Waals surface area contributed by atoms with E-state index in [4.69, 9.17) is 0 Å². The highest BCUT2D eigenvalue weighted by Gasteiger charge is 1.66. The Hall–Kier alpha value is -0.423. The minimum Gasteiger partial charge on any atom is -0.512 e. The molecule has 0 aromatic rings. The zero-order chi connectivity index (χ0) is 5.54. The lowest BCUT2D eigenvalue weighted by Crippen LogP contribution is -1.67. The summed E-state index contributed by atoms with van der Waals surface area (Å²) in [5.74, 6) is 2.85. The van der Waals surface area contributed by atoms with E-state index in [0.29, 0.717) is 0 Å². The van der Waals surface area contributed by atoms with Crippen molar-refractivity contribution >= 4 is 10.5 Å². The lowest BCUT2D eigenvalue weighted by atomic mass is 10.4. The zero-order valence-corrected chi connectivity index (χ0v) is 6.82. The van der Waals surface area contributed by atoms with Crippen molar-refractivity contribution in [2.75, 3.05) is 0 Å². The summed E-state index contributed by atoms with van der Waals surface area (Å²) in [7, 11) is 0.732. The van der Waals surface area contributed by atoms with Crippen molar-refractivity contribution in [3.05, 3.63) is 0 Å². The molecule has 0 aromatic heterocycles. The largest absolute Gasteiger partial charge is 0.512 e. The van der Waals surface area contributed by atoms with Gasteiger partial charge in [-0.2, -0.15) is 0 Å². The van der Waals surface area contributed by atoms with E-state index in [1.54, 1.807) is 0 Å². The van der Waals surface area contributed by atoms with Crippen LogP contribution in [0.4, 0.5) is 0 Å². The van der Waals surface area contributed by atoms with E-state index in [1.165, 1.54) is 0 Å². The van der Waals surface area contributed by atoms with Gasteiger partial charge >= 0.3 is 0 Å². The average molecular weight is 114 g/mol. The van der Waals surface area contributed by atoms with Crippen molar-refractivity contribution in [2.45, 2.75) is 19.8 Å². The molecule has 7 heavy (non-hydrogen) atoms. The Morgan fingerprint density at radius 2 is 2.43 bits per heavy atom. The lowest BCUT2D eigenvalue weighted by Gasteiger charge is -1.77.